The van der Waals surface area contributed by atoms with Gasteiger partial charge < -0.3 is 4.74 Å². The summed E-state index contributed by atoms with van der Waals surface area (Å²) in [7, 11) is -3.93. The van der Waals surface area contributed by atoms with E-state index in [0.717, 1.165) is 36.5 Å². The van der Waals surface area contributed by atoms with Crippen molar-refractivity contribution in [3.63, 3.8) is 0 Å². The summed E-state index contributed by atoms with van der Waals surface area (Å²) in [5, 5.41) is 21.9. The molecule has 0 fully saturated rings. The summed E-state index contributed by atoms with van der Waals surface area (Å²) in [5.74, 6) is -0.522. The standard InChI is InChI=1S/C17H11N3O7S/c21-19(22)12-6-9-17(18-11-12)27-16-10-14(7-8-15(16)20(23)24)28(25,26)13-4-2-1-3-5-13/h1-11H. The van der Waals surface area contributed by atoms with Crippen LogP contribution in [0, 0.1) is 20.2 Å². The number of sulfone groups is 1. The van der Waals surface area contributed by atoms with E-state index < -0.39 is 25.4 Å². The van der Waals surface area contributed by atoms with Crippen LogP contribution in [0.4, 0.5) is 11.4 Å². The largest absolute Gasteiger partial charge is 0.432 e. The molecular formula is C17H11N3O7S. The number of pyridine rings is 1. The predicted molar refractivity (Wildman–Crippen MR) is 96.0 cm³/mol. The minimum absolute atomic E-state index is 0.0169. The van der Waals surface area contributed by atoms with Crippen LogP contribution in [0.1, 0.15) is 0 Å². The third kappa shape index (κ3) is 3.78. The molecule has 28 heavy (non-hydrogen) atoms. The molecule has 0 bridgehead atoms. The van der Waals surface area contributed by atoms with Gasteiger partial charge in [-0.25, -0.2) is 13.4 Å². The number of nitro benzene ring substituents is 1. The average molecular weight is 401 g/mol. The molecule has 0 amide bonds. The van der Waals surface area contributed by atoms with Crippen LogP contribution < -0.4 is 4.74 Å². The van der Waals surface area contributed by atoms with Crippen LogP contribution in [0.25, 0.3) is 0 Å². The van der Waals surface area contributed by atoms with E-state index >= 15 is 0 Å². The van der Waals surface area contributed by atoms with E-state index in [9.17, 15) is 28.6 Å². The van der Waals surface area contributed by atoms with E-state index in [1.165, 1.54) is 12.1 Å². The molecule has 1 aromatic heterocycles. The van der Waals surface area contributed by atoms with Gasteiger partial charge in [-0.15, -0.1) is 0 Å². The first-order valence-corrected chi connectivity index (χ1v) is 9.14. The molecule has 0 aliphatic rings. The number of rotatable bonds is 6. The molecule has 3 aromatic rings. The first-order valence-electron chi connectivity index (χ1n) is 7.66. The second-order valence-electron chi connectivity index (χ2n) is 5.42. The molecule has 0 spiro atoms. The Bertz CT molecular complexity index is 1150. The van der Waals surface area contributed by atoms with Gasteiger partial charge in [-0.05, 0) is 18.2 Å². The molecule has 11 heteroatoms. The minimum atomic E-state index is -3.93. The van der Waals surface area contributed by atoms with Crippen LogP contribution in [0.15, 0.2) is 76.7 Å². The fourth-order valence-corrected chi connectivity index (χ4v) is 3.58. The van der Waals surface area contributed by atoms with Gasteiger partial charge in [0.25, 0.3) is 5.69 Å². The highest BCUT2D eigenvalue weighted by Crippen LogP contribution is 2.34. The highest BCUT2D eigenvalue weighted by molar-refractivity contribution is 7.91. The summed E-state index contributed by atoms with van der Waals surface area (Å²) < 4.78 is 30.8. The van der Waals surface area contributed by atoms with Crippen molar-refractivity contribution in [2.45, 2.75) is 9.79 Å². The van der Waals surface area contributed by atoms with Gasteiger partial charge in [0.2, 0.25) is 21.5 Å². The first kappa shape index (κ1) is 18.9. The normalized spacial score (nSPS) is 11.0. The van der Waals surface area contributed by atoms with Crippen molar-refractivity contribution in [3.8, 4) is 11.6 Å². The Morgan fingerprint density at radius 1 is 0.857 bits per heavy atom. The second-order valence-corrected chi connectivity index (χ2v) is 7.37. The molecule has 0 atom stereocenters. The van der Waals surface area contributed by atoms with Gasteiger partial charge in [-0.3, -0.25) is 20.2 Å². The molecule has 3 rings (SSSR count). The zero-order chi connectivity index (χ0) is 20.3. The van der Waals surface area contributed by atoms with Crippen molar-refractivity contribution >= 4 is 21.2 Å². The third-order valence-electron chi connectivity index (χ3n) is 3.64. The maximum atomic E-state index is 12.7. The average Bonchev–Trinajstić information content (AvgIpc) is 2.69. The summed E-state index contributed by atoms with van der Waals surface area (Å²) in [6.07, 6.45) is 0.922. The molecule has 0 aliphatic heterocycles. The summed E-state index contributed by atoms with van der Waals surface area (Å²) in [5.41, 5.74) is -0.769. The fraction of sp³-hybridized carbons (Fsp3) is 0. The Labute approximate surface area is 158 Å². The lowest BCUT2D eigenvalue weighted by molar-refractivity contribution is -0.385. The summed E-state index contributed by atoms with van der Waals surface area (Å²) in [6, 6.07) is 13.0. The van der Waals surface area contributed by atoms with E-state index in [1.807, 2.05) is 0 Å². The van der Waals surface area contributed by atoms with Crippen molar-refractivity contribution in [2.75, 3.05) is 0 Å². The van der Waals surface area contributed by atoms with Gasteiger partial charge in [0, 0.05) is 24.3 Å². The summed E-state index contributed by atoms with van der Waals surface area (Å²) in [4.78, 5) is 24.0. The molecule has 10 nitrogen and oxygen atoms in total. The SMILES string of the molecule is O=[N+]([O-])c1ccc(Oc2cc(S(=O)(=O)c3ccccc3)ccc2[N+](=O)[O-])nc1. The molecular weight excluding hydrogens is 390 g/mol. The predicted octanol–water partition coefficient (Wildman–Crippen LogP) is 3.52. The van der Waals surface area contributed by atoms with Gasteiger partial charge >= 0.3 is 5.69 Å². The number of hydrogen-bond donors (Lipinski definition) is 0. The quantitative estimate of drug-likeness (QED) is 0.451. The van der Waals surface area contributed by atoms with Crippen molar-refractivity contribution in [2.24, 2.45) is 0 Å². The van der Waals surface area contributed by atoms with Crippen molar-refractivity contribution in [3.05, 3.63) is 87.1 Å². The van der Waals surface area contributed by atoms with Crippen LogP contribution in [0.5, 0.6) is 11.6 Å². The van der Waals surface area contributed by atoms with Crippen LogP contribution in [0.2, 0.25) is 0 Å². The van der Waals surface area contributed by atoms with E-state index in [1.54, 1.807) is 18.2 Å². The topological polar surface area (TPSA) is 143 Å². The molecule has 0 radical (unpaired) electrons. The van der Waals surface area contributed by atoms with Crippen LogP contribution >= 0.6 is 0 Å². The smallest absolute Gasteiger partial charge is 0.311 e. The molecule has 0 saturated heterocycles. The van der Waals surface area contributed by atoms with Gasteiger partial charge in [-0.2, -0.15) is 0 Å². The zero-order valence-electron chi connectivity index (χ0n) is 14.0. The van der Waals surface area contributed by atoms with Gasteiger partial charge in [0.15, 0.2) is 0 Å². The fourth-order valence-electron chi connectivity index (χ4n) is 2.28. The maximum absolute atomic E-state index is 12.7. The second kappa shape index (κ2) is 7.40. The van der Waals surface area contributed by atoms with Crippen molar-refractivity contribution in [1.29, 1.82) is 0 Å². The third-order valence-corrected chi connectivity index (χ3v) is 5.41. The zero-order valence-corrected chi connectivity index (χ0v) is 14.8. The number of benzene rings is 2. The molecule has 0 N–H and O–H groups in total. The number of aromatic nitrogens is 1. The van der Waals surface area contributed by atoms with E-state index in [-0.39, 0.29) is 27.1 Å². The van der Waals surface area contributed by atoms with Gasteiger partial charge in [0.05, 0.1) is 19.6 Å². The number of nitrogens with zero attached hydrogens (tertiary/aromatic N) is 3. The lowest BCUT2D eigenvalue weighted by atomic mass is 10.3. The Morgan fingerprint density at radius 3 is 2.14 bits per heavy atom. The number of hydrogen-bond acceptors (Lipinski definition) is 8. The molecule has 142 valence electrons. The maximum Gasteiger partial charge on any atom is 0.311 e. The number of nitro groups is 2. The van der Waals surface area contributed by atoms with Gasteiger partial charge in [-0.1, -0.05) is 18.2 Å². The Balaban J connectivity index is 2.03. The Kier molecular flexibility index (Phi) is 5.00. The Hall–Kier alpha value is -3.86. The first-order chi connectivity index (χ1) is 13.3. The molecule has 2 aromatic carbocycles. The lowest BCUT2D eigenvalue weighted by Gasteiger charge is -2.09. The molecule has 0 unspecified atom stereocenters. The highest BCUT2D eigenvalue weighted by Gasteiger charge is 2.24. The van der Waals surface area contributed by atoms with Crippen molar-refractivity contribution in [1.82, 2.24) is 4.98 Å². The lowest BCUT2D eigenvalue weighted by Crippen LogP contribution is -2.03. The minimum Gasteiger partial charge on any atom is -0.432 e. The summed E-state index contributed by atoms with van der Waals surface area (Å²) >= 11 is 0. The van der Waals surface area contributed by atoms with E-state index in [4.69, 9.17) is 4.74 Å². The molecule has 0 saturated carbocycles. The summed E-state index contributed by atoms with van der Waals surface area (Å²) in [6.45, 7) is 0. The Morgan fingerprint density at radius 2 is 1.57 bits per heavy atom. The van der Waals surface area contributed by atoms with Crippen molar-refractivity contribution < 1.29 is 23.0 Å². The van der Waals surface area contributed by atoms with Gasteiger partial charge in [0.1, 0.15) is 6.20 Å². The van der Waals surface area contributed by atoms with E-state index in [2.05, 4.69) is 4.98 Å². The van der Waals surface area contributed by atoms with Crippen LogP contribution in [-0.4, -0.2) is 23.2 Å². The highest BCUT2D eigenvalue weighted by atomic mass is 32.2. The molecule has 0 aliphatic carbocycles. The van der Waals surface area contributed by atoms with E-state index in [0.29, 0.717) is 0 Å². The molecule has 1 heterocycles. The van der Waals surface area contributed by atoms with Crippen LogP contribution in [0.3, 0.4) is 0 Å². The van der Waals surface area contributed by atoms with Crippen LogP contribution in [-0.2, 0) is 9.84 Å². The number of ether oxygens (including phenoxy) is 1. The monoisotopic (exact) mass is 401 g/mol.